The Morgan fingerprint density at radius 2 is 2.04 bits per heavy atom. The minimum absolute atomic E-state index is 0.395. The molecule has 1 aromatic carbocycles. The highest BCUT2D eigenvalue weighted by molar-refractivity contribution is 5.46. The Bertz CT molecular complexity index is 681. The predicted octanol–water partition coefficient (Wildman–Crippen LogP) is 3.17. The fraction of sp³-hybridized carbons (Fsp3) is 0.550. The van der Waals surface area contributed by atoms with Crippen molar-refractivity contribution in [1.29, 1.82) is 0 Å². The summed E-state index contributed by atoms with van der Waals surface area (Å²) in [6.07, 6.45) is 1.24. The number of nitrogens with zero attached hydrogens (tertiary/aromatic N) is 3. The molecule has 0 aliphatic carbocycles. The van der Waals surface area contributed by atoms with Gasteiger partial charge in [-0.25, -0.2) is 4.68 Å². The van der Waals surface area contributed by atoms with Crippen molar-refractivity contribution >= 4 is 5.69 Å². The Kier molecular flexibility index (Phi) is 5.63. The maximum Gasteiger partial charge on any atom is 0.216 e. The number of aryl methyl sites for hydroxylation is 1. The molecule has 2 heterocycles. The van der Waals surface area contributed by atoms with Gasteiger partial charge in [-0.15, -0.1) is 0 Å². The van der Waals surface area contributed by atoms with Gasteiger partial charge in [-0.1, -0.05) is 32.0 Å². The molecule has 0 amide bonds. The van der Waals surface area contributed by atoms with E-state index in [0.717, 1.165) is 37.8 Å². The number of hydrogen-bond donors (Lipinski definition) is 1. The Morgan fingerprint density at radius 3 is 2.72 bits per heavy atom. The van der Waals surface area contributed by atoms with Crippen molar-refractivity contribution in [2.24, 2.45) is 13.0 Å². The average molecular weight is 342 g/mol. The van der Waals surface area contributed by atoms with Crippen LogP contribution in [0.15, 0.2) is 30.3 Å². The second-order valence-corrected chi connectivity index (χ2v) is 7.22. The van der Waals surface area contributed by atoms with Crippen molar-refractivity contribution in [3.63, 3.8) is 0 Å². The molecule has 1 aromatic heterocycles. The molecule has 1 aliphatic rings. The molecule has 5 heteroatoms. The minimum atomic E-state index is 0.395. The normalized spacial score (nSPS) is 17.5. The SMILES string of the molecule is COc1c(CNC[C@H]2CCN(c3ccccc3)C2)c(C(C)C)nn1C. The standard InChI is InChI=1S/C20H30N4O/c1-15(2)19-18(20(25-4)23(3)22-19)13-21-12-16-10-11-24(14-16)17-8-6-5-7-9-17/h5-9,15-16,21H,10-14H2,1-4H3/t16-/m1/s1. The number of para-hydroxylation sites is 1. The van der Waals surface area contributed by atoms with E-state index in [1.54, 1.807) is 7.11 Å². The molecule has 0 saturated carbocycles. The molecule has 5 nitrogen and oxygen atoms in total. The van der Waals surface area contributed by atoms with Crippen LogP contribution >= 0.6 is 0 Å². The van der Waals surface area contributed by atoms with E-state index >= 15 is 0 Å². The number of ether oxygens (including phenoxy) is 1. The van der Waals surface area contributed by atoms with Crippen LogP contribution in [0.5, 0.6) is 5.88 Å². The summed E-state index contributed by atoms with van der Waals surface area (Å²) in [5, 5.41) is 8.27. The summed E-state index contributed by atoms with van der Waals surface area (Å²) in [5.74, 6) is 1.95. The summed E-state index contributed by atoms with van der Waals surface area (Å²) in [7, 11) is 3.67. The van der Waals surface area contributed by atoms with E-state index in [1.807, 2.05) is 11.7 Å². The first-order valence-corrected chi connectivity index (χ1v) is 9.20. The zero-order valence-electron chi connectivity index (χ0n) is 15.8. The molecule has 25 heavy (non-hydrogen) atoms. The minimum Gasteiger partial charge on any atom is -0.481 e. The highest BCUT2D eigenvalue weighted by atomic mass is 16.5. The number of methoxy groups -OCH3 is 1. The van der Waals surface area contributed by atoms with Gasteiger partial charge < -0.3 is 15.0 Å². The third kappa shape index (κ3) is 3.98. The van der Waals surface area contributed by atoms with Gasteiger partial charge in [0.05, 0.1) is 18.4 Å². The largest absolute Gasteiger partial charge is 0.481 e. The van der Waals surface area contributed by atoms with Gasteiger partial charge in [0.2, 0.25) is 5.88 Å². The van der Waals surface area contributed by atoms with Crippen LogP contribution in [0.1, 0.15) is 37.4 Å². The number of rotatable bonds is 7. The van der Waals surface area contributed by atoms with Crippen LogP contribution in [-0.4, -0.2) is 36.5 Å². The number of benzene rings is 1. The van der Waals surface area contributed by atoms with E-state index in [1.165, 1.54) is 17.7 Å². The lowest BCUT2D eigenvalue weighted by atomic mass is 10.1. The van der Waals surface area contributed by atoms with E-state index in [-0.39, 0.29) is 0 Å². The average Bonchev–Trinajstić information content (AvgIpc) is 3.20. The van der Waals surface area contributed by atoms with E-state index in [9.17, 15) is 0 Å². The highest BCUT2D eigenvalue weighted by Crippen LogP contribution is 2.27. The third-order valence-corrected chi connectivity index (χ3v) is 5.00. The molecule has 3 rings (SSSR count). The third-order valence-electron chi connectivity index (χ3n) is 5.00. The molecule has 0 unspecified atom stereocenters. The quantitative estimate of drug-likeness (QED) is 0.839. The second-order valence-electron chi connectivity index (χ2n) is 7.22. The Labute approximate surface area is 151 Å². The predicted molar refractivity (Wildman–Crippen MR) is 102 cm³/mol. The number of nitrogens with one attached hydrogen (secondary N) is 1. The zero-order valence-corrected chi connectivity index (χ0v) is 15.8. The van der Waals surface area contributed by atoms with Crippen molar-refractivity contribution in [3.05, 3.63) is 41.6 Å². The lowest BCUT2D eigenvalue weighted by Gasteiger charge is -2.19. The number of aromatic nitrogens is 2. The van der Waals surface area contributed by atoms with Gasteiger partial charge >= 0.3 is 0 Å². The van der Waals surface area contributed by atoms with Gasteiger partial charge in [0.25, 0.3) is 0 Å². The van der Waals surface area contributed by atoms with Gasteiger partial charge in [-0.3, -0.25) is 0 Å². The maximum absolute atomic E-state index is 5.56. The van der Waals surface area contributed by atoms with Crippen molar-refractivity contribution in [2.45, 2.75) is 32.7 Å². The lowest BCUT2D eigenvalue weighted by Crippen LogP contribution is -2.26. The Hall–Kier alpha value is -2.01. The van der Waals surface area contributed by atoms with Crippen LogP contribution in [0, 0.1) is 5.92 Å². The van der Waals surface area contributed by atoms with Crippen LogP contribution in [0.2, 0.25) is 0 Å². The first kappa shape index (κ1) is 17.8. The van der Waals surface area contributed by atoms with Crippen LogP contribution in [0.4, 0.5) is 5.69 Å². The summed E-state index contributed by atoms with van der Waals surface area (Å²) in [4.78, 5) is 2.48. The van der Waals surface area contributed by atoms with Crippen molar-refractivity contribution < 1.29 is 4.74 Å². The molecule has 1 aliphatic heterocycles. The van der Waals surface area contributed by atoms with Gasteiger partial charge in [-0.05, 0) is 30.4 Å². The highest BCUT2D eigenvalue weighted by Gasteiger charge is 2.23. The molecule has 2 aromatic rings. The number of anilines is 1. The topological polar surface area (TPSA) is 42.3 Å². The van der Waals surface area contributed by atoms with E-state index in [2.05, 4.69) is 59.5 Å². The monoisotopic (exact) mass is 342 g/mol. The van der Waals surface area contributed by atoms with Gasteiger partial charge in [0.1, 0.15) is 0 Å². The Morgan fingerprint density at radius 1 is 1.28 bits per heavy atom. The fourth-order valence-electron chi connectivity index (χ4n) is 3.73. The fourth-order valence-corrected chi connectivity index (χ4v) is 3.73. The van der Waals surface area contributed by atoms with E-state index in [4.69, 9.17) is 4.74 Å². The van der Waals surface area contributed by atoms with Crippen LogP contribution in [0.3, 0.4) is 0 Å². The van der Waals surface area contributed by atoms with Crippen LogP contribution in [0.25, 0.3) is 0 Å². The van der Waals surface area contributed by atoms with E-state index in [0.29, 0.717) is 11.8 Å². The molecule has 1 N–H and O–H groups in total. The lowest BCUT2D eigenvalue weighted by molar-refractivity contribution is 0.367. The maximum atomic E-state index is 5.56. The molecular formula is C20H30N4O. The van der Waals surface area contributed by atoms with Gasteiger partial charge in [0, 0.05) is 38.9 Å². The first-order chi connectivity index (χ1) is 12.1. The first-order valence-electron chi connectivity index (χ1n) is 9.20. The molecule has 1 saturated heterocycles. The summed E-state index contributed by atoms with van der Waals surface area (Å²) in [5.41, 5.74) is 3.66. The van der Waals surface area contributed by atoms with Crippen LogP contribution in [-0.2, 0) is 13.6 Å². The summed E-state index contributed by atoms with van der Waals surface area (Å²) >= 11 is 0. The molecular weight excluding hydrogens is 312 g/mol. The zero-order chi connectivity index (χ0) is 17.8. The Balaban J connectivity index is 1.56. The van der Waals surface area contributed by atoms with E-state index < -0.39 is 0 Å². The van der Waals surface area contributed by atoms with Crippen molar-refractivity contribution in [1.82, 2.24) is 15.1 Å². The van der Waals surface area contributed by atoms with Gasteiger partial charge in [-0.2, -0.15) is 5.10 Å². The molecule has 0 bridgehead atoms. The summed E-state index contributed by atoms with van der Waals surface area (Å²) in [6, 6.07) is 10.7. The second kappa shape index (κ2) is 7.91. The summed E-state index contributed by atoms with van der Waals surface area (Å²) in [6.45, 7) is 8.47. The molecule has 0 radical (unpaired) electrons. The molecule has 1 fully saturated rings. The molecule has 1 atom stereocenters. The van der Waals surface area contributed by atoms with Crippen molar-refractivity contribution in [3.8, 4) is 5.88 Å². The number of hydrogen-bond acceptors (Lipinski definition) is 4. The molecule has 0 spiro atoms. The van der Waals surface area contributed by atoms with Gasteiger partial charge in [0.15, 0.2) is 0 Å². The molecule has 136 valence electrons. The smallest absolute Gasteiger partial charge is 0.216 e. The van der Waals surface area contributed by atoms with Crippen molar-refractivity contribution in [2.75, 3.05) is 31.6 Å². The van der Waals surface area contributed by atoms with Crippen LogP contribution < -0.4 is 15.0 Å². The summed E-state index contributed by atoms with van der Waals surface area (Å²) < 4.78 is 7.40.